The maximum absolute atomic E-state index is 12.8. The van der Waals surface area contributed by atoms with Crippen molar-refractivity contribution in [3.05, 3.63) is 48.5 Å². The van der Waals surface area contributed by atoms with Crippen molar-refractivity contribution in [1.29, 1.82) is 0 Å². The number of carbonyl (C=O) groups excluding carboxylic acids is 2. The highest BCUT2D eigenvalue weighted by Crippen LogP contribution is 2.30. The van der Waals surface area contributed by atoms with Crippen molar-refractivity contribution >= 4 is 17.5 Å². The SMILES string of the molecule is COc1ccc(-c2noc(-c3ccc(NC(=O)C4CC(=O)N(C5CCCCC5)C4)cc3)n2)cc1. The largest absolute Gasteiger partial charge is 0.497 e. The van der Waals surface area contributed by atoms with Gasteiger partial charge in [0.2, 0.25) is 17.6 Å². The summed E-state index contributed by atoms with van der Waals surface area (Å²) in [6.45, 7) is 0.517. The highest BCUT2D eigenvalue weighted by atomic mass is 16.5. The Morgan fingerprint density at radius 2 is 1.74 bits per heavy atom. The number of rotatable bonds is 6. The van der Waals surface area contributed by atoms with Crippen molar-refractivity contribution in [1.82, 2.24) is 15.0 Å². The van der Waals surface area contributed by atoms with Gasteiger partial charge in [0.1, 0.15) is 5.75 Å². The van der Waals surface area contributed by atoms with Crippen LogP contribution in [-0.4, -0.2) is 46.6 Å². The smallest absolute Gasteiger partial charge is 0.258 e. The number of nitrogens with one attached hydrogen (secondary N) is 1. The van der Waals surface area contributed by atoms with Gasteiger partial charge < -0.3 is 19.5 Å². The molecule has 2 fully saturated rings. The molecule has 0 bridgehead atoms. The molecule has 0 radical (unpaired) electrons. The highest BCUT2D eigenvalue weighted by Gasteiger charge is 2.38. The number of aromatic nitrogens is 2. The van der Waals surface area contributed by atoms with Gasteiger partial charge in [0.05, 0.1) is 13.0 Å². The number of likely N-dealkylation sites (tertiary alicyclic amines) is 1. The summed E-state index contributed by atoms with van der Waals surface area (Å²) in [6.07, 6.45) is 5.97. The van der Waals surface area contributed by atoms with E-state index in [1.54, 1.807) is 19.2 Å². The lowest BCUT2D eigenvalue weighted by molar-refractivity contribution is -0.130. The van der Waals surface area contributed by atoms with Crippen LogP contribution in [0.2, 0.25) is 0 Å². The van der Waals surface area contributed by atoms with Crippen LogP contribution in [0.1, 0.15) is 38.5 Å². The van der Waals surface area contributed by atoms with Gasteiger partial charge in [-0.1, -0.05) is 24.4 Å². The molecule has 1 N–H and O–H groups in total. The Labute approximate surface area is 198 Å². The normalized spacial score (nSPS) is 18.8. The van der Waals surface area contributed by atoms with E-state index in [-0.39, 0.29) is 24.2 Å². The molecule has 5 rings (SSSR count). The molecular weight excluding hydrogens is 432 g/mol. The van der Waals surface area contributed by atoms with Gasteiger partial charge in [0.25, 0.3) is 5.89 Å². The summed E-state index contributed by atoms with van der Waals surface area (Å²) in [5.41, 5.74) is 2.25. The average Bonchev–Trinajstić information content (AvgIpc) is 3.53. The molecule has 1 saturated carbocycles. The summed E-state index contributed by atoms with van der Waals surface area (Å²) < 4.78 is 10.6. The third kappa shape index (κ3) is 4.66. The first-order chi connectivity index (χ1) is 16.6. The zero-order valence-electron chi connectivity index (χ0n) is 19.2. The molecule has 3 aromatic rings. The Kier molecular flexibility index (Phi) is 6.29. The van der Waals surface area contributed by atoms with Crippen LogP contribution in [0.3, 0.4) is 0 Å². The van der Waals surface area contributed by atoms with Gasteiger partial charge in [-0.3, -0.25) is 9.59 Å². The van der Waals surface area contributed by atoms with Crippen molar-refractivity contribution in [3.8, 4) is 28.6 Å². The molecule has 8 nitrogen and oxygen atoms in total. The second-order valence-electron chi connectivity index (χ2n) is 8.96. The number of ether oxygens (including phenoxy) is 1. The molecule has 34 heavy (non-hydrogen) atoms. The van der Waals surface area contributed by atoms with Crippen LogP contribution in [0.15, 0.2) is 53.1 Å². The average molecular weight is 461 g/mol. The Morgan fingerprint density at radius 1 is 1.03 bits per heavy atom. The number of nitrogens with zero attached hydrogens (tertiary/aromatic N) is 3. The first-order valence-corrected chi connectivity index (χ1v) is 11.8. The second kappa shape index (κ2) is 9.67. The van der Waals surface area contributed by atoms with Crippen molar-refractivity contribution < 1.29 is 18.8 Å². The summed E-state index contributed by atoms with van der Waals surface area (Å²) in [7, 11) is 1.62. The molecule has 2 amide bonds. The number of hydrogen-bond donors (Lipinski definition) is 1. The van der Waals surface area contributed by atoms with Crippen molar-refractivity contribution in [2.24, 2.45) is 5.92 Å². The lowest BCUT2D eigenvalue weighted by atomic mass is 9.94. The van der Waals surface area contributed by atoms with E-state index in [0.717, 1.165) is 29.7 Å². The Bertz CT molecular complexity index is 1150. The minimum absolute atomic E-state index is 0.103. The predicted octanol–water partition coefficient (Wildman–Crippen LogP) is 4.53. The van der Waals surface area contributed by atoms with Crippen LogP contribution in [0.5, 0.6) is 5.75 Å². The summed E-state index contributed by atoms with van der Waals surface area (Å²) in [6, 6.07) is 15.0. The standard InChI is InChI=1S/C26H28N4O4/c1-33-22-13-9-17(10-14-22)24-28-26(34-29-24)18-7-11-20(12-8-18)27-25(32)19-15-23(31)30(16-19)21-5-3-2-4-6-21/h7-14,19,21H,2-6,15-16H2,1H3,(H,27,32). The van der Waals surface area contributed by atoms with E-state index in [1.807, 2.05) is 41.3 Å². The molecule has 2 heterocycles. The van der Waals surface area contributed by atoms with Crippen LogP contribution in [0, 0.1) is 5.92 Å². The van der Waals surface area contributed by atoms with Crippen LogP contribution in [-0.2, 0) is 9.59 Å². The van der Waals surface area contributed by atoms with E-state index >= 15 is 0 Å². The summed E-state index contributed by atoms with van der Waals surface area (Å²) in [5, 5.41) is 7.01. The topological polar surface area (TPSA) is 97.6 Å². The first kappa shape index (κ1) is 22.1. The molecule has 1 atom stereocenters. The fraction of sp³-hybridized carbons (Fsp3) is 0.385. The highest BCUT2D eigenvalue weighted by molar-refractivity contribution is 5.97. The molecule has 1 aliphatic heterocycles. The van der Waals surface area contributed by atoms with Crippen LogP contribution >= 0.6 is 0 Å². The molecule has 2 aromatic carbocycles. The molecular formula is C26H28N4O4. The van der Waals surface area contributed by atoms with Crippen molar-refractivity contribution in [2.45, 2.75) is 44.6 Å². The number of methoxy groups -OCH3 is 1. The fourth-order valence-electron chi connectivity index (χ4n) is 4.79. The third-order valence-corrected chi connectivity index (χ3v) is 6.72. The first-order valence-electron chi connectivity index (χ1n) is 11.8. The van der Waals surface area contributed by atoms with Crippen LogP contribution in [0.25, 0.3) is 22.8 Å². The lowest BCUT2D eigenvalue weighted by Gasteiger charge is -2.31. The molecule has 2 aliphatic rings. The van der Waals surface area contributed by atoms with Gasteiger partial charge >= 0.3 is 0 Å². The maximum atomic E-state index is 12.8. The number of anilines is 1. The van der Waals surface area contributed by atoms with Crippen molar-refractivity contribution in [2.75, 3.05) is 19.0 Å². The Balaban J connectivity index is 1.20. The summed E-state index contributed by atoms with van der Waals surface area (Å²) in [4.78, 5) is 31.7. The van der Waals surface area contributed by atoms with Gasteiger partial charge in [0.15, 0.2) is 0 Å². The number of carbonyl (C=O) groups is 2. The van der Waals surface area contributed by atoms with Crippen LogP contribution < -0.4 is 10.1 Å². The van der Waals surface area contributed by atoms with E-state index in [9.17, 15) is 9.59 Å². The molecule has 176 valence electrons. The minimum Gasteiger partial charge on any atom is -0.497 e. The van der Waals surface area contributed by atoms with Gasteiger partial charge in [-0.15, -0.1) is 0 Å². The third-order valence-electron chi connectivity index (χ3n) is 6.72. The Hall–Kier alpha value is -3.68. The summed E-state index contributed by atoms with van der Waals surface area (Å²) in [5.74, 6) is 1.33. The maximum Gasteiger partial charge on any atom is 0.258 e. The molecule has 1 saturated heterocycles. The lowest BCUT2D eigenvalue weighted by Crippen LogP contribution is -2.38. The molecule has 0 spiro atoms. The molecule has 8 heteroatoms. The molecule has 1 aliphatic carbocycles. The predicted molar refractivity (Wildman–Crippen MR) is 127 cm³/mol. The Morgan fingerprint density at radius 3 is 2.44 bits per heavy atom. The number of amides is 2. The van der Waals surface area contributed by atoms with E-state index < -0.39 is 0 Å². The van der Waals surface area contributed by atoms with E-state index in [0.29, 0.717) is 30.0 Å². The van der Waals surface area contributed by atoms with E-state index in [4.69, 9.17) is 9.26 Å². The minimum atomic E-state index is -0.308. The monoisotopic (exact) mass is 460 g/mol. The molecule has 1 aromatic heterocycles. The fourth-order valence-corrected chi connectivity index (χ4v) is 4.79. The van der Waals surface area contributed by atoms with Gasteiger partial charge in [-0.25, -0.2) is 0 Å². The van der Waals surface area contributed by atoms with Gasteiger partial charge in [0, 0.05) is 35.8 Å². The second-order valence-corrected chi connectivity index (χ2v) is 8.96. The molecule has 1 unspecified atom stereocenters. The zero-order chi connectivity index (χ0) is 23.5. The van der Waals surface area contributed by atoms with Gasteiger partial charge in [-0.05, 0) is 61.4 Å². The number of hydrogen-bond acceptors (Lipinski definition) is 6. The number of benzene rings is 2. The van der Waals surface area contributed by atoms with E-state index in [2.05, 4.69) is 15.5 Å². The van der Waals surface area contributed by atoms with E-state index in [1.165, 1.54) is 19.3 Å². The quantitative estimate of drug-likeness (QED) is 0.580. The summed E-state index contributed by atoms with van der Waals surface area (Å²) >= 11 is 0. The zero-order valence-corrected chi connectivity index (χ0v) is 19.2. The van der Waals surface area contributed by atoms with Crippen molar-refractivity contribution in [3.63, 3.8) is 0 Å². The van der Waals surface area contributed by atoms with Crippen LogP contribution in [0.4, 0.5) is 5.69 Å². The van der Waals surface area contributed by atoms with Gasteiger partial charge in [-0.2, -0.15) is 4.98 Å².